The second kappa shape index (κ2) is 12.2. The Morgan fingerprint density at radius 3 is 2.39 bits per heavy atom. The van der Waals surface area contributed by atoms with Gasteiger partial charge in [-0.3, -0.25) is 4.79 Å². The number of carbonyl (C=O) groups excluding carboxylic acids is 1. The zero-order chi connectivity index (χ0) is 26.3. The van der Waals surface area contributed by atoms with Gasteiger partial charge in [0.05, 0.1) is 18.8 Å². The summed E-state index contributed by atoms with van der Waals surface area (Å²) in [5.41, 5.74) is 3.51. The zero-order valence-electron chi connectivity index (χ0n) is 21.4. The van der Waals surface area contributed by atoms with Gasteiger partial charge < -0.3 is 14.0 Å². The summed E-state index contributed by atoms with van der Waals surface area (Å²) in [5, 5.41) is 0. The molecule has 1 aromatic heterocycles. The molecular weight excluding hydrogens is 482 g/mol. The van der Waals surface area contributed by atoms with Gasteiger partial charge in [-0.1, -0.05) is 43.7 Å². The number of hydroxylamine groups is 1. The molecule has 2 aromatic carbocycles. The summed E-state index contributed by atoms with van der Waals surface area (Å²) < 4.78 is 39.5. The molecule has 0 spiro atoms. The lowest BCUT2D eigenvalue weighted by atomic mass is 10.1. The Morgan fingerprint density at radius 1 is 1.06 bits per heavy atom. The Hall–Kier alpha value is -3.21. The van der Waals surface area contributed by atoms with Crippen molar-refractivity contribution < 1.29 is 27.2 Å². The SMILES string of the molecule is CCN(CC)S(=O)(=O)N(Cc1cccc(OCCc2nc(-c3ccc(C)cc3)oc2C)c1)OC(C)=O. The minimum Gasteiger partial charge on any atom is -0.493 e. The van der Waals surface area contributed by atoms with Crippen molar-refractivity contribution in [1.29, 1.82) is 0 Å². The number of aromatic nitrogens is 1. The Labute approximate surface area is 212 Å². The average Bonchev–Trinajstić information content (AvgIpc) is 3.20. The van der Waals surface area contributed by atoms with Gasteiger partial charge in [-0.2, -0.15) is 12.7 Å². The van der Waals surface area contributed by atoms with Crippen LogP contribution in [0.2, 0.25) is 0 Å². The molecule has 36 heavy (non-hydrogen) atoms. The van der Waals surface area contributed by atoms with Gasteiger partial charge in [-0.05, 0) is 48.1 Å². The van der Waals surface area contributed by atoms with E-state index in [-0.39, 0.29) is 19.6 Å². The molecule has 0 aliphatic rings. The monoisotopic (exact) mass is 515 g/mol. The van der Waals surface area contributed by atoms with Crippen molar-refractivity contribution in [1.82, 2.24) is 13.8 Å². The van der Waals surface area contributed by atoms with Gasteiger partial charge in [0.1, 0.15) is 11.5 Å². The van der Waals surface area contributed by atoms with E-state index in [2.05, 4.69) is 4.98 Å². The highest BCUT2D eigenvalue weighted by atomic mass is 32.2. The van der Waals surface area contributed by atoms with Crippen LogP contribution in [0.3, 0.4) is 0 Å². The van der Waals surface area contributed by atoms with Gasteiger partial charge in [0, 0.05) is 32.0 Å². The lowest BCUT2D eigenvalue weighted by molar-refractivity contribution is -0.168. The highest BCUT2D eigenvalue weighted by Gasteiger charge is 2.31. The number of ether oxygens (including phenoxy) is 1. The summed E-state index contributed by atoms with van der Waals surface area (Å²) in [6.07, 6.45) is 0.543. The van der Waals surface area contributed by atoms with Crippen LogP contribution in [0.1, 0.15) is 43.4 Å². The van der Waals surface area contributed by atoms with Gasteiger partial charge in [0.2, 0.25) is 5.89 Å². The molecule has 3 aromatic rings. The first-order valence-corrected chi connectivity index (χ1v) is 13.2. The standard InChI is InChI=1S/C26H33N3O6S/c1-6-28(7-2)36(31,32)29(35-21(5)30)18-22-9-8-10-24(17-22)33-16-15-25-20(4)34-26(27-25)23-13-11-19(3)12-14-23/h8-14,17H,6-7,15-16,18H2,1-5H3. The smallest absolute Gasteiger partial charge is 0.323 e. The van der Waals surface area contributed by atoms with Crippen molar-refractivity contribution >= 4 is 16.2 Å². The van der Waals surface area contributed by atoms with Crippen LogP contribution in [0.25, 0.3) is 11.5 Å². The van der Waals surface area contributed by atoms with Crippen molar-refractivity contribution in [2.75, 3.05) is 19.7 Å². The molecule has 0 saturated heterocycles. The molecule has 0 N–H and O–H groups in total. The zero-order valence-corrected chi connectivity index (χ0v) is 22.2. The molecule has 0 fully saturated rings. The first-order valence-electron chi connectivity index (χ1n) is 11.9. The van der Waals surface area contributed by atoms with Crippen LogP contribution in [0, 0.1) is 13.8 Å². The normalized spacial score (nSPS) is 11.8. The molecule has 0 bridgehead atoms. The van der Waals surface area contributed by atoms with Gasteiger partial charge in [-0.15, -0.1) is 0 Å². The maximum Gasteiger partial charge on any atom is 0.323 e. The average molecular weight is 516 g/mol. The van der Waals surface area contributed by atoms with Crippen molar-refractivity contribution in [3.63, 3.8) is 0 Å². The van der Waals surface area contributed by atoms with Gasteiger partial charge in [0.15, 0.2) is 0 Å². The molecule has 0 saturated carbocycles. The minimum absolute atomic E-state index is 0.141. The lowest BCUT2D eigenvalue weighted by Gasteiger charge is -2.26. The fraction of sp³-hybridized carbons (Fsp3) is 0.385. The molecule has 0 radical (unpaired) electrons. The van der Waals surface area contributed by atoms with E-state index in [1.807, 2.05) is 38.1 Å². The Morgan fingerprint density at radius 2 is 1.75 bits per heavy atom. The number of oxazole rings is 1. The summed E-state index contributed by atoms with van der Waals surface area (Å²) in [6.45, 7) is 9.25. The third-order valence-corrected chi connectivity index (χ3v) is 7.42. The van der Waals surface area contributed by atoms with E-state index in [4.69, 9.17) is 14.0 Å². The van der Waals surface area contributed by atoms with Crippen molar-refractivity contribution in [2.24, 2.45) is 0 Å². The van der Waals surface area contributed by atoms with E-state index in [1.54, 1.807) is 38.1 Å². The van der Waals surface area contributed by atoms with Crippen molar-refractivity contribution in [3.05, 3.63) is 71.1 Å². The van der Waals surface area contributed by atoms with Crippen molar-refractivity contribution in [3.8, 4) is 17.2 Å². The van der Waals surface area contributed by atoms with E-state index in [1.165, 1.54) is 16.8 Å². The minimum atomic E-state index is -3.99. The van der Waals surface area contributed by atoms with Gasteiger partial charge in [0.25, 0.3) is 0 Å². The Bertz CT molecular complexity index is 1270. The Balaban J connectivity index is 1.66. The number of benzene rings is 2. The fourth-order valence-corrected chi connectivity index (χ4v) is 5.03. The molecule has 0 amide bonds. The number of hydrogen-bond donors (Lipinski definition) is 0. The number of aryl methyl sites for hydroxylation is 2. The maximum atomic E-state index is 12.9. The van der Waals surface area contributed by atoms with Crippen molar-refractivity contribution in [2.45, 2.75) is 47.6 Å². The van der Waals surface area contributed by atoms with Gasteiger partial charge in [-0.25, -0.2) is 4.98 Å². The molecule has 3 rings (SSSR count). The highest BCUT2D eigenvalue weighted by Crippen LogP contribution is 2.23. The van der Waals surface area contributed by atoms with Crippen LogP contribution in [0.5, 0.6) is 5.75 Å². The van der Waals surface area contributed by atoms with Crippen LogP contribution in [-0.2, 0) is 32.8 Å². The topological polar surface area (TPSA) is 102 Å². The number of nitrogens with zero attached hydrogens (tertiary/aromatic N) is 3. The molecule has 0 atom stereocenters. The number of rotatable bonds is 12. The second-order valence-electron chi connectivity index (χ2n) is 8.27. The van der Waals surface area contributed by atoms with E-state index < -0.39 is 16.2 Å². The quantitative estimate of drug-likeness (QED) is 0.329. The number of hydrogen-bond acceptors (Lipinski definition) is 7. The first kappa shape index (κ1) is 27.4. The highest BCUT2D eigenvalue weighted by molar-refractivity contribution is 7.86. The van der Waals surface area contributed by atoms with Crippen LogP contribution in [-0.4, -0.2) is 47.8 Å². The van der Waals surface area contributed by atoms with E-state index in [0.29, 0.717) is 34.7 Å². The first-order chi connectivity index (χ1) is 17.1. The summed E-state index contributed by atoms with van der Waals surface area (Å²) in [6, 6.07) is 15.0. The summed E-state index contributed by atoms with van der Waals surface area (Å²) in [5.74, 6) is 1.16. The van der Waals surface area contributed by atoms with Crippen LogP contribution in [0.15, 0.2) is 52.9 Å². The van der Waals surface area contributed by atoms with Crippen LogP contribution in [0.4, 0.5) is 0 Å². The molecule has 0 aliphatic heterocycles. The largest absolute Gasteiger partial charge is 0.493 e. The molecule has 0 unspecified atom stereocenters. The summed E-state index contributed by atoms with van der Waals surface area (Å²) in [7, 11) is -3.99. The number of carbonyl (C=O) groups is 1. The second-order valence-corrected chi connectivity index (χ2v) is 10.1. The molecular formula is C26H33N3O6S. The molecule has 0 aliphatic carbocycles. The fourth-order valence-electron chi connectivity index (χ4n) is 3.61. The third-order valence-electron chi connectivity index (χ3n) is 5.53. The van der Waals surface area contributed by atoms with E-state index in [0.717, 1.165) is 17.0 Å². The predicted octanol–water partition coefficient (Wildman–Crippen LogP) is 4.45. The lowest BCUT2D eigenvalue weighted by Crippen LogP contribution is -2.44. The maximum absolute atomic E-state index is 12.9. The third kappa shape index (κ3) is 6.93. The predicted molar refractivity (Wildman–Crippen MR) is 136 cm³/mol. The molecule has 194 valence electrons. The van der Waals surface area contributed by atoms with E-state index >= 15 is 0 Å². The molecule has 9 nitrogen and oxygen atoms in total. The molecule has 1 heterocycles. The van der Waals surface area contributed by atoms with Crippen LogP contribution >= 0.6 is 0 Å². The Kier molecular flexibility index (Phi) is 9.25. The van der Waals surface area contributed by atoms with E-state index in [9.17, 15) is 13.2 Å². The summed E-state index contributed by atoms with van der Waals surface area (Å²) in [4.78, 5) is 21.2. The summed E-state index contributed by atoms with van der Waals surface area (Å²) >= 11 is 0. The molecule has 10 heteroatoms. The van der Waals surface area contributed by atoms with Gasteiger partial charge >= 0.3 is 16.2 Å². The van der Waals surface area contributed by atoms with Crippen LogP contribution < -0.4 is 4.74 Å².